The van der Waals surface area contributed by atoms with Gasteiger partial charge < -0.3 is 0 Å². The summed E-state index contributed by atoms with van der Waals surface area (Å²) in [4.78, 5) is 0. The van der Waals surface area contributed by atoms with Crippen molar-refractivity contribution in [3.05, 3.63) is 0 Å². The highest BCUT2D eigenvalue weighted by Crippen LogP contribution is 2.31. The molecule has 0 N–H and O–H groups in total. The van der Waals surface area contributed by atoms with Crippen molar-refractivity contribution in [1.82, 2.24) is 8.61 Å². The van der Waals surface area contributed by atoms with Crippen LogP contribution in [0.4, 0.5) is 0 Å². The fraction of sp³-hybridized carbons (Fsp3) is 0.846. The highest BCUT2D eigenvalue weighted by atomic mass is 32.2. The minimum absolute atomic E-state index is 0.199. The molecule has 4 nitrogen and oxygen atoms in total. The third-order valence-electron chi connectivity index (χ3n) is 3.82. The van der Waals surface area contributed by atoms with Crippen molar-refractivity contribution in [2.24, 2.45) is 11.8 Å². The average molecular weight is 270 g/mol. The van der Waals surface area contributed by atoms with Gasteiger partial charge in [0.2, 0.25) is 0 Å². The Morgan fingerprint density at radius 1 is 1.28 bits per heavy atom. The molecular formula is C13H22N2O2S. The summed E-state index contributed by atoms with van der Waals surface area (Å²) < 4.78 is 28.1. The smallest absolute Gasteiger partial charge is 0.195 e. The molecule has 5 heteroatoms. The summed E-state index contributed by atoms with van der Waals surface area (Å²) in [5.74, 6) is 3.63. The quantitative estimate of drug-likeness (QED) is 0.707. The van der Waals surface area contributed by atoms with Crippen molar-refractivity contribution in [3.8, 4) is 12.3 Å². The van der Waals surface area contributed by atoms with Gasteiger partial charge in [0, 0.05) is 19.6 Å². The Morgan fingerprint density at radius 2 is 1.89 bits per heavy atom. The number of nitrogens with zero attached hydrogens (tertiary/aromatic N) is 2. The van der Waals surface area contributed by atoms with E-state index in [1.165, 1.54) is 4.31 Å². The number of hydrogen-bond acceptors (Lipinski definition) is 2. The summed E-state index contributed by atoms with van der Waals surface area (Å²) in [6.07, 6.45) is 9.47. The zero-order valence-electron chi connectivity index (χ0n) is 11.0. The third kappa shape index (κ3) is 3.25. The fourth-order valence-corrected chi connectivity index (χ4v) is 3.95. The second kappa shape index (κ2) is 5.60. The van der Waals surface area contributed by atoms with Crippen molar-refractivity contribution < 1.29 is 8.42 Å². The molecule has 0 amide bonds. The van der Waals surface area contributed by atoms with Gasteiger partial charge in [-0.1, -0.05) is 12.8 Å². The van der Waals surface area contributed by atoms with Crippen LogP contribution in [0.15, 0.2) is 0 Å². The van der Waals surface area contributed by atoms with Gasteiger partial charge in [-0.2, -0.15) is 17.0 Å². The molecule has 0 aromatic rings. The lowest BCUT2D eigenvalue weighted by Gasteiger charge is -2.33. The molecule has 1 heterocycles. The second-order valence-electron chi connectivity index (χ2n) is 5.53. The Labute approximate surface area is 111 Å². The van der Waals surface area contributed by atoms with Crippen molar-refractivity contribution in [1.29, 1.82) is 0 Å². The molecule has 2 rings (SSSR count). The molecule has 1 saturated carbocycles. The Hall–Kier alpha value is -0.570. The first-order chi connectivity index (χ1) is 8.54. The third-order valence-corrected chi connectivity index (χ3v) is 5.77. The van der Waals surface area contributed by atoms with Crippen molar-refractivity contribution in [2.75, 3.05) is 26.2 Å². The van der Waals surface area contributed by atoms with Crippen molar-refractivity contribution in [2.45, 2.75) is 32.6 Å². The maximum Gasteiger partial charge on any atom is 0.282 e. The Kier molecular flexibility index (Phi) is 4.31. The maximum absolute atomic E-state index is 12.5. The normalized spacial score (nSPS) is 23.2. The van der Waals surface area contributed by atoms with Gasteiger partial charge >= 0.3 is 0 Å². The summed E-state index contributed by atoms with van der Waals surface area (Å²) >= 11 is 0. The molecule has 0 unspecified atom stereocenters. The minimum Gasteiger partial charge on any atom is -0.195 e. The molecule has 0 spiro atoms. The number of hydrogen-bond donors (Lipinski definition) is 0. The van der Waals surface area contributed by atoms with E-state index in [9.17, 15) is 8.42 Å². The number of terminal acetylenes is 1. The van der Waals surface area contributed by atoms with Gasteiger partial charge in [0.05, 0.1) is 6.54 Å². The lowest BCUT2D eigenvalue weighted by Crippen LogP contribution is -2.47. The summed E-state index contributed by atoms with van der Waals surface area (Å²) in [5.41, 5.74) is 0. The predicted octanol–water partition coefficient (Wildman–Crippen LogP) is 1.31. The summed E-state index contributed by atoms with van der Waals surface area (Å²) in [6.45, 7) is 4.24. The zero-order chi connectivity index (χ0) is 13.2. The van der Waals surface area contributed by atoms with Crippen LogP contribution in [-0.4, -0.2) is 43.2 Å². The van der Waals surface area contributed by atoms with E-state index in [0.717, 1.165) is 25.7 Å². The Balaban J connectivity index is 2.03. The van der Waals surface area contributed by atoms with E-state index in [1.807, 2.05) is 0 Å². The van der Waals surface area contributed by atoms with E-state index in [2.05, 4.69) is 12.8 Å². The first-order valence-electron chi connectivity index (χ1n) is 6.72. The fourth-order valence-electron chi connectivity index (χ4n) is 2.31. The molecule has 0 bridgehead atoms. The molecule has 102 valence electrons. The van der Waals surface area contributed by atoms with Crippen molar-refractivity contribution >= 4 is 10.2 Å². The van der Waals surface area contributed by atoms with Crippen LogP contribution >= 0.6 is 0 Å². The molecule has 18 heavy (non-hydrogen) atoms. The maximum atomic E-state index is 12.5. The molecular weight excluding hydrogens is 248 g/mol. The highest BCUT2D eigenvalue weighted by molar-refractivity contribution is 7.86. The van der Waals surface area contributed by atoms with Crippen LogP contribution in [-0.2, 0) is 10.2 Å². The lowest BCUT2D eigenvalue weighted by molar-refractivity contribution is 0.266. The van der Waals surface area contributed by atoms with Crippen LogP contribution < -0.4 is 0 Å². The van der Waals surface area contributed by atoms with Gasteiger partial charge in [-0.3, -0.25) is 0 Å². The molecule has 0 aromatic carbocycles. The minimum atomic E-state index is -3.34. The second-order valence-corrected chi connectivity index (χ2v) is 7.46. The zero-order valence-corrected chi connectivity index (χ0v) is 11.8. The SMILES string of the molecule is C#CCN(CC1CC1)S(=O)(=O)N1CCC(C)CC1. The van der Waals surface area contributed by atoms with Crippen LogP contribution in [0, 0.1) is 24.2 Å². The number of piperidine rings is 1. The van der Waals surface area contributed by atoms with E-state index in [4.69, 9.17) is 6.42 Å². The van der Waals surface area contributed by atoms with Gasteiger partial charge in [-0.15, -0.1) is 6.42 Å². The number of rotatable bonds is 5. The molecule has 1 saturated heterocycles. The molecule has 2 fully saturated rings. The average Bonchev–Trinajstić information content (AvgIpc) is 3.13. The monoisotopic (exact) mass is 270 g/mol. The van der Waals surface area contributed by atoms with Gasteiger partial charge in [0.1, 0.15) is 0 Å². The Morgan fingerprint density at radius 3 is 2.39 bits per heavy atom. The molecule has 0 aromatic heterocycles. The Bertz CT molecular complexity index is 415. The molecule has 0 radical (unpaired) electrons. The van der Waals surface area contributed by atoms with Gasteiger partial charge in [0.25, 0.3) is 10.2 Å². The van der Waals surface area contributed by atoms with E-state index in [0.29, 0.717) is 31.5 Å². The first kappa shape index (κ1) is 13.9. The van der Waals surface area contributed by atoms with Crippen LogP contribution in [0.3, 0.4) is 0 Å². The largest absolute Gasteiger partial charge is 0.282 e. The first-order valence-corrected chi connectivity index (χ1v) is 8.12. The van der Waals surface area contributed by atoms with Crippen LogP contribution in [0.2, 0.25) is 0 Å². The molecule has 1 aliphatic carbocycles. The van der Waals surface area contributed by atoms with E-state index >= 15 is 0 Å². The van der Waals surface area contributed by atoms with Gasteiger partial charge in [0.15, 0.2) is 0 Å². The summed E-state index contributed by atoms with van der Waals surface area (Å²) in [5, 5.41) is 0. The van der Waals surface area contributed by atoms with E-state index in [1.54, 1.807) is 4.31 Å². The standard InChI is InChI=1S/C13H22N2O2S/c1-3-8-15(11-13-4-5-13)18(16,17)14-9-6-12(2)7-10-14/h1,12-13H,4-11H2,2H3. The molecule has 0 atom stereocenters. The van der Waals surface area contributed by atoms with Crippen LogP contribution in [0.5, 0.6) is 0 Å². The summed E-state index contributed by atoms with van der Waals surface area (Å²) in [7, 11) is -3.34. The van der Waals surface area contributed by atoms with Gasteiger partial charge in [-0.25, -0.2) is 0 Å². The molecule has 1 aliphatic heterocycles. The van der Waals surface area contributed by atoms with Crippen LogP contribution in [0.1, 0.15) is 32.6 Å². The lowest BCUT2D eigenvalue weighted by atomic mass is 10.0. The highest BCUT2D eigenvalue weighted by Gasteiger charge is 2.35. The van der Waals surface area contributed by atoms with E-state index in [-0.39, 0.29) is 6.54 Å². The topological polar surface area (TPSA) is 40.6 Å². The molecule has 2 aliphatic rings. The van der Waals surface area contributed by atoms with Gasteiger partial charge in [-0.05, 0) is 37.5 Å². The van der Waals surface area contributed by atoms with Crippen LogP contribution in [0.25, 0.3) is 0 Å². The van der Waals surface area contributed by atoms with E-state index < -0.39 is 10.2 Å². The van der Waals surface area contributed by atoms with Crippen molar-refractivity contribution in [3.63, 3.8) is 0 Å². The summed E-state index contributed by atoms with van der Waals surface area (Å²) in [6, 6.07) is 0. The predicted molar refractivity (Wildman–Crippen MR) is 72.0 cm³/mol.